The normalized spacial score (nSPS) is 11.4. The van der Waals surface area contributed by atoms with Gasteiger partial charge >= 0.3 is 0 Å². The van der Waals surface area contributed by atoms with E-state index >= 15 is 0 Å². The summed E-state index contributed by atoms with van der Waals surface area (Å²) in [5.74, 6) is 1.50. The number of nitrogens with two attached hydrogens (primary N) is 1. The number of imidazole rings is 1. The van der Waals surface area contributed by atoms with Gasteiger partial charge in [0.2, 0.25) is 0 Å². The first-order valence-corrected chi connectivity index (χ1v) is 10.8. The molecule has 0 aliphatic carbocycles. The zero-order valence-corrected chi connectivity index (χ0v) is 18.7. The molecule has 0 saturated carbocycles. The number of nitrogens with one attached hydrogen (secondary N) is 2. The fourth-order valence-electron chi connectivity index (χ4n) is 3.52. The van der Waals surface area contributed by atoms with Crippen LogP contribution in [-0.4, -0.2) is 46.6 Å². The maximum absolute atomic E-state index is 13.2. The molecule has 9 heteroatoms. The number of amides is 1. The smallest absolute Gasteiger partial charge is 0.259 e. The van der Waals surface area contributed by atoms with Crippen molar-refractivity contribution in [1.29, 1.82) is 0 Å². The van der Waals surface area contributed by atoms with E-state index in [1.807, 2.05) is 24.3 Å². The van der Waals surface area contributed by atoms with E-state index < -0.39 is 0 Å². The van der Waals surface area contributed by atoms with Crippen molar-refractivity contribution in [2.75, 3.05) is 23.8 Å². The Morgan fingerprint density at radius 1 is 1.15 bits per heavy atom. The lowest BCUT2D eigenvalue weighted by atomic mass is 10.1. The molecule has 4 rings (SSSR count). The highest BCUT2D eigenvalue weighted by Gasteiger charge is 2.19. The second-order valence-corrected chi connectivity index (χ2v) is 7.56. The summed E-state index contributed by atoms with van der Waals surface area (Å²) in [4.78, 5) is 41.7. The highest BCUT2D eigenvalue weighted by molar-refractivity contribution is 6.07. The minimum Gasteiger partial charge on any atom is -0.384 e. The first-order valence-electron chi connectivity index (χ1n) is 10.8. The summed E-state index contributed by atoms with van der Waals surface area (Å²) in [6.45, 7) is 0.734. The molecule has 172 valence electrons. The molecule has 2 aromatic carbocycles. The van der Waals surface area contributed by atoms with E-state index in [0.717, 1.165) is 34.4 Å². The Labute approximate surface area is 196 Å². The standard InChI is InChI=1S/C25H25N7O2/c1-27-24(26)17-6-9-19(10-7-17)29-16-22-30-20-11-8-18(15-21(20)31-22)25(34)32(13-4-14-33)23-5-2-3-12-28-23/h2-3,5-12,14-15,29H,4,13,16H2,1H3,(H2,26,27)(H,30,31). The summed E-state index contributed by atoms with van der Waals surface area (Å²) in [7, 11) is 1.66. The molecule has 0 atom stereocenters. The minimum atomic E-state index is -0.230. The lowest BCUT2D eigenvalue weighted by Gasteiger charge is -2.20. The minimum absolute atomic E-state index is 0.225. The zero-order chi connectivity index (χ0) is 23.9. The van der Waals surface area contributed by atoms with Crippen molar-refractivity contribution in [3.63, 3.8) is 0 Å². The van der Waals surface area contributed by atoms with Crippen LogP contribution in [0.1, 0.15) is 28.2 Å². The van der Waals surface area contributed by atoms with Crippen LogP contribution in [0, 0.1) is 0 Å². The third-order valence-electron chi connectivity index (χ3n) is 5.30. The molecule has 0 radical (unpaired) electrons. The molecule has 0 aliphatic heterocycles. The van der Waals surface area contributed by atoms with Crippen molar-refractivity contribution in [3.8, 4) is 0 Å². The van der Waals surface area contributed by atoms with Gasteiger partial charge in [0.25, 0.3) is 5.91 Å². The van der Waals surface area contributed by atoms with E-state index in [4.69, 9.17) is 5.73 Å². The SMILES string of the molecule is CN=C(N)c1ccc(NCc2nc3ccc(C(=O)N(CCC=O)c4ccccn4)cc3[nH]2)cc1. The zero-order valence-electron chi connectivity index (χ0n) is 18.7. The number of nitrogens with zero attached hydrogens (tertiary/aromatic N) is 4. The summed E-state index contributed by atoms with van der Waals surface area (Å²) in [5.41, 5.74) is 9.61. The van der Waals surface area contributed by atoms with Crippen molar-refractivity contribution in [2.45, 2.75) is 13.0 Å². The molecule has 2 heterocycles. The number of rotatable bonds is 9. The van der Waals surface area contributed by atoms with Gasteiger partial charge in [0.05, 0.1) is 17.6 Å². The fourth-order valence-corrected chi connectivity index (χ4v) is 3.52. The van der Waals surface area contributed by atoms with Gasteiger partial charge in [-0.2, -0.15) is 0 Å². The van der Waals surface area contributed by atoms with Gasteiger partial charge in [-0.3, -0.25) is 14.7 Å². The highest BCUT2D eigenvalue weighted by atomic mass is 16.2. The molecule has 34 heavy (non-hydrogen) atoms. The number of fused-ring (bicyclic) bond motifs is 1. The van der Waals surface area contributed by atoms with Crippen LogP contribution in [0.25, 0.3) is 11.0 Å². The Balaban J connectivity index is 1.50. The lowest BCUT2D eigenvalue weighted by Crippen LogP contribution is -2.32. The van der Waals surface area contributed by atoms with E-state index in [-0.39, 0.29) is 18.9 Å². The van der Waals surface area contributed by atoms with Crippen LogP contribution in [0.4, 0.5) is 11.5 Å². The number of carbonyl (C=O) groups is 2. The molecule has 0 spiro atoms. The molecule has 4 N–H and O–H groups in total. The maximum Gasteiger partial charge on any atom is 0.259 e. The van der Waals surface area contributed by atoms with Crippen LogP contribution in [0.5, 0.6) is 0 Å². The number of hydrogen-bond donors (Lipinski definition) is 3. The highest BCUT2D eigenvalue weighted by Crippen LogP contribution is 2.19. The molecule has 1 amide bonds. The van der Waals surface area contributed by atoms with E-state index in [1.165, 1.54) is 4.90 Å². The summed E-state index contributed by atoms with van der Waals surface area (Å²) in [6.07, 6.45) is 2.64. The third kappa shape index (κ3) is 5.09. The molecule has 0 unspecified atom stereocenters. The number of aldehydes is 1. The van der Waals surface area contributed by atoms with Gasteiger partial charge in [0.1, 0.15) is 23.8 Å². The Hall–Kier alpha value is -4.53. The third-order valence-corrected chi connectivity index (χ3v) is 5.30. The number of benzene rings is 2. The second-order valence-electron chi connectivity index (χ2n) is 7.56. The number of anilines is 2. The Bertz CT molecular complexity index is 1310. The Morgan fingerprint density at radius 2 is 1.94 bits per heavy atom. The number of H-pyrrole nitrogens is 1. The first-order chi connectivity index (χ1) is 16.6. The lowest BCUT2D eigenvalue weighted by molar-refractivity contribution is -0.107. The summed E-state index contributed by atoms with van der Waals surface area (Å²) < 4.78 is 0. The number of aliphatic imine (C=N–C) groups is 1. The molecule has 0 aliphatic rings. The molecule has 4 aromatic rings. The van der Waals surface area contributed by atoms with Crippen LogP contribution < -0.4 is 16.0 Å². The molecule has 0 fully saturated rings. The van der Waals surface area contributed by atoms with Crippen molar-refractivity contribution in [3.05, 3.63) is 83.8 Å². The van der Waals surface area contributed by atoms with Crippen LogP contribution in [0.3, 0.4) is 0 Å². The Kier molecular flexibility index (Phi) is 6.92. The van der Waals surface area contributed by atoms with Crippen LogP contribution in [-0.2, 0) is 11.3 Å². The van der Waals surface area contributed by atoms with Crippen LogP contribution in [0.2, 0.25) is 0 Å². The summed E-state index contributed by atoms with van der Waals surface area (Å²) >= 11 is 0. The molecule has 0 saturated heterocycles. The molecule has 9 nitrogen and oxygen atoms in total. The van der Waals surface area contributed by atoms with Gasteiger partial charge in [-0.1, -0.05) is 6.07 Å². The largest absolute Gasteiger partial charge is 0.384 e. The van der Waals surface area contributed by atoms with E-state index in [9.17, 15) is 9.59 Å². The Morgan fingerprint density at radius 3 is 2.65 bits per heavy atom. The van der Waals surface area contributed by atoms with Gasteiger partial charge in [-0.05, 0) is 54.6 Å². The van der Waals surface area contributed by atoms with Crippen LogP contribution in [0.15, 0.2) is 71.9 Å². The quantitative estimate of drug-likeness (QED) is 0.202. The second kappa shape index (κ2) is 10.4. The number of aromatic amines is 1. The monoisotopic (exact) mass is 455 g/mol. The van der Waals surface area contributed by atoms with Gasteiger partial charge < -0.3 is 20.8 Å². The van der Waals surface area contributed by atoms with E-state index in [0.29, 0.717) is 23.8 Å². The van der Waals surface area contributed by atoms with Gasteiger partial charge in [0, 0.05) is 43.0 Å². The van der Waals surface area contributed by atoms with Gasteiger partial charge in [0.15, 0.2) is 0 Å². The first kappa shape index (κ1) is 22.7. The van der Waals surface area contributed by atoms with Crippen molar-refractivity contribution < 1.29 is 9.59 Å². The number of amidine groups is 1. The van der Waals surface area contributed by atoms with Crippen molar-refractivity contribution in [1.82, 2.24) is 15.0 Å². The van der Waals surface area contributed by atoms with Gasteiger partial charge in [-0.25, -0.2) is 9.97 Å². The van der Waals surface area contributed by atoms with Crippen molar-refractivity contribution in [2.24, 2.45) is 10.7 Å². The summed E-state index contributed by atoms with van der Waals surface area (Å²) in [6, 6.07) is 18.3. The average molecular weight is 456 g/mol. The van der Waals surface area contributed by atoms with Gasteiger partial charge in [-0.15, -0.1) is 0 Å². The number of carbonyl (C=O) groups excluding carboxylic acids is 2. The fraction of sp³-hybridized carbons (Fsp3) is 0.160. The van der Waals surface area contributed by atoms with E-state index in [2.05, 4.69) is 25.3 Å². The molecule has 0 bridgehead atoms. The molecular formula is C25H25N7O2. The molecular weight excluding hydrogens is 430 g/mol. The molecule has 2 aromatic heterocycles. The van der Waals surface area contributed by atoms with Crippen molar-refractivity contribution >= 4 is 40.6 Å². The number of pyridine rings is 1. The van der Waals surface area contributed by atoms with Crippen LogP contribution >= 0.6 is 0 Å². The average Bonchev–Trinajstić information content (AvgIpc) is 3.30. The summed E-state index contributed by atoms with van der Waals surface area (Å²) in [5, 5.41) is 3.32. The predicted octanol–water partition coefficient (Wildman–Crippen LogP) is 3.14. The topological polar surface area (TPSA) is 129 Å². The number of aromatic nitrogens is 3. The number of hydrogen-bond acceptors (Lipinski definition) is 6. The van der Waals surface area contributed by atoms with E-state index in [1.54, 1.807) is 49.6 Å². The maximum atomic E-state index is 13.2. The predicted molar refractivity (Wildman–Crippen MR) is 133 cm³/mol.